The van der Waals surface area contributed by atoms with Gasteiger partial charge >= 0.3 is 0 Å². The average molecular weight is 422 g/mol. The van der Waals surface area contributed by atoms with Crippen LogP contribution >= 0.6 is 0 Å². The van der Waals surface area contributed by atoms with Crippen molar-refractivity contribution in [1.82, 2.24) is 20.2 Å². The molecule has 8 heteroatoms. The van der Waals surface area contributed by atoms with Gasteiger partial charge in [0.25, 0.3) is 0 Å². The molecule has 1 aliphatic carbocycles. The van der Waals surface area contributed by atoms with E-state index in [-0.39, 0.29) is 18.0 Å². The predicted octanol–water partition coefficient (Wildman–Crippen LogP) is 2.21. The van der Waals surface area contributed by atoms with Gasteiger partial charge in [-0.2, -0.15) is 0 Å². The van der Waals surface area contributed by atoms with Crippen LogP contribution in [-0.4, -0.2) is 84.2 Å². The maximum absolute atomic E-state index is 14.5. The van der Waals surface area contributed by atoms with Crippen molar-refractivity contribution >= 4 is 5.82 Å². The highest BCUT2D eigenvalue weighted by molar-refractivity contribution is 5.35. The topological polar surface area (TPSA) is 53.5 Å². The zero-order valence-electron chi connectivity index (χ0n) is 17.7. The second kappa shape index (κ2) is 8.63. The number of anilines is 1. The Hall–Kier alpha value is -1.38. The van der Waals surface area contributed by atoms with Crippen LogP contribution in [0.3, 0.4) is 0 Å². The maximum Gasteiger partial charge on any atom is 0.159 e. The van der Waals surface area contributed by atoms with Crippen molar-refractivity contribution < 1.29 is 13.5 Å². The number of hydrogen-bond acceptors (Lipinski definition) is 6. The molecule has 4 heterocycles. The largest absolute Gasteiger partial charge is 0.372 e. The van der Waals surface area contributed by atoms with Crippen LogP contribution in [0.25, 0.3) is 0 Å². The number of morpholine rings is 1. The molecule has 8 atom stereocenters. The molecule has 1 saturated carbocycles. The lowest BCUT2D eigenvalue weighted by Gasteiger charge is -2.56. The molecule has 4 fully saturated rings. The fourth-order valence-corrected chi connectivity index (χ4v) is 6.14. The van der Waals surface area contributed by atoms with E-state index in [1.165, 1.54) is 0 Å². The lowest BCUT2D eigenvalue weighted by atomic mass is 9.71. The van der Waals surface area contributed by atoms with E-state index in [9.17, 15) is 8.78 Å². The van der Waals surface area contributed by atoms with Gasteiger partial charge in [0.1, 0.15) is 18.1 Å². The Bertz CT molecular complexity index is 712. The molecule has 30 heavy (non-hydrogen) atoms. The van der Waals surface area contributed by atoms with Crippen molar-refractivity contribution in [3.8, 4) is 0 Å². The van der Waals surface area contributed by atoms with E-state index in [0.29, 0.717) is 25.0 Å². The van der Waals surface area contributed by atoms with Crippen molar-refractivity contribution in [2.24, 2.45) is 11.8 Å². The van der Waals surface area contributed by atoms with Crippen LogP contribution in [0.2, 0.25) is 0 Å². The third kappa shape index (κ3) is 3.94. The normalized spacial score (nSPS) is 42.0. The first kappa shape index (κ1) is 20.5. The Labute approximate surface area is 177 Å². The molecule has 1 aromatic heterocycles. The van der Waals surface area contributed by atoms with Crippen molar-refractivity contribution in [3.05, 3.63) is 18.6 Å². The second-order valence-corrected chi connectivity index (χ2v) is 9.65. The molecule has 0 aromatic carbocycles. The number of piperidine rings is 2. The van der Waals surface area contributed by atoms with Gasteiger partial charge in [-0.1, -0.05) is 0 Å². The van der Waals surface area contributed by atoms with Crippen LogP contribution in [0.1, 0.15) is 32.6 Å². The molecule has 3 saturated heterocycles. The first-order valence-corrected chi connectivity index (χ1v) is 11.5. The number of rotatable bonds is 4. The van der Waals surface area contributed by atoms with E-state index in [0.717, 1.165) is 51.3 Å². The van der Waals surface area contributed by atoms with Crippen LogP contribution in [0.15, 0.2) is 18.6 Å². The van der Waals surface area contributed by atoms with Gasteiger partial charge in [-0.05, 0) is 51.0 Å². The zero-order chi connectivity index (χ0) is 20.7. The SMILES string of the molecule is CC1COC2C(F)C(F)CC3CC(CN[C@H]4CCCN(c5cnccn5)C4)CN1C32. The van der Waals surface area contributed by atoms with Gasteiger partial charge in [0.15, 0.2) is 6.17 Å². The van der Waals surface area contributed by atoms with Crippen molar-refractivity contribution in [3.63, 3.8) is 0 Å². The van der Waals surface area contributed by atoms with Gasteiger partial charge in [0, 0.05) is 50.2 Å². The summed E-state index contributed by atoms with van der Waals surface area (Å²) in [6.45, 7) is 6.46. The highest BCUT2D eigenvalue weighted by Crippen LogP contribution is 2.43. The van der Waals surface area contributed by atoms with Gasteiger partial charge in [-0.15, -0.1) is 0 Å². The number of halogens is 2. The molecular weight excluding hydrogens is 388 g/mol. The highest BCUT2D eigenvalue weighted by atomic mass is 19.2. The summed E-state index contributed by atoms with van der Waals surface area (Å²) >= 11 is 0. The average Bonchev–Trinajstić information content (AvgIpc) is 2.78. The number of alkyl halides is 2. The maximum atomic E-state index is 14.5. The van der Waals surface area contributed by atoms with Crippen LogP contribution in [-0.2, 0) is 4.74 Å². The molecular formula is C22H33F2N5O. The van der Waals surface area contributed by atoms with E-state index in [1.54, 1.807) is 12.4 Å². The Morgan fingerprint density at radius 3 is 2.97 bits per heavy atom. The third-order valence-electron chi connectivity index (χ3n) is 7.58. The van der Waals surface area contributed by atoms with Crippen LogP contribution in [0.4, 0.5) is 14.6 Å². The van der Waals surface area contributed by atoms with Crippen molar-refractivity contribution in [2.45, 2.75) is 69.2 Å². The molecule has 0 amide bonds. The summed E-state index contributed by atoms with van der Waals surface area (Å²) in [5.74, 6) is 1.58. The van der Waals surface area contributed by atoms with E-state index in [2.05, 4.69) is 32.0 Å². The van der Waals surface area contributed by atoms with Crippen molar-refractivity contribution in [2.75, 3.05) is 37.7 Å². The number of aromatic nitrogens is 2. The van der Waals surface area contributed by atoms with Crippen LogP contribution in [0.5, 0.6) is 0 Å². The predicted molar refractivity (Wildman–Crippen MR) is 111 cm³/mol. The number of nitrogens with zero attached hydrogens (tertiary/aromatic N) is 4. The first-order valence-electron chi connectivity index (χ1n) is 11.5. The summed E-state index contributed by atoms with van der Waals surface area (Å²) in [6, 6.07) is 0.722. The second-order valence-electron chi connectivity index (χ2n) is 9.65. The van der Waals surface area contributed by atoms with Crippen LogP contribution in [0, 0.1) is 11.8 Å². The summed E-state index contributed by atoms with van der Waals surface area (Å²) in [4.78, 5) is 13.3. The molecule has 5 rings (SSSR count). The quantitative estimate of drug-likeness (QED) is 0.805. The monoisotopic (exact) mass is 421 g/mol. The van der Waals surface area contributed by atoms with Gasteiger partial charge < -0.3 is 15.0 Å². The van der Waals surface area contributed by atoms with Gasteiger partial charge in [-0.3, -0.25) is 9.88 Å². The Morgan fingerprint density at radius 2 is 2.13 bits per heavy atom. The van der Waals surface area contributed by atoms with Gasteiger partial charge in [0.2, 0.25) is 0 Å². The number of nitrogens with one attached hydrogen (secondary N) is 1. The molecule has 0 radical (unpaired) electrons. The fourth-order valence-electron chi connectivity index (χ4n) is 6.14. The standard InChI is InChI=1S/C22H33F2N5O/c1-14-13-30-22-20(24)18(23)8-16-7-15(11-29(14)21(16)22)9-27-17-3-2-6-28(12-17)19-10-25-4-5-26-19/h4-5,10,14-18,20-22,27H,2-3,6-9,11-13H2,1H3/t14?,15?,16?,17-,18?,20?,21?,22?/m0/s1. The molecule has 166 valence electrons. The van der Waals surface area contributed by atoms with Crippen molar-refractivity contribution in [1.29, 1.82) is 0 Å². The minimum Gasteiger partial charge on any atom is -0.372 e. The molecule has 7 unspecified atom stereocenters. The Balaban J connectivity index is 1.20. The van der Waals surface area contributed by atoms with E-state index < -0.39 is 18.4 Å². The van der Waals surface area contributed by atoms with E-state index >= 15 is 0 Å². The number of hydrogen-bond donors (Lipinski definition) is 1. The highest BCUT2D eigenvalue weighted by Gasteiger charge is 2.54. The molecule has 6 nitrogen and oxygen atoms in total. The number of ether oxygens (including phenoxy) is 1. The lowest BCUT2D eigenvalue weighted by Crippen LogP contribution is -2.68. The summed E-state index contributed by atoms with van der Waals surface area (Å²) < 4.78 is 34.6. The summed E-state index contributed by atoms with van der Waals surface area (Å²) in [5.41, 5.74) is 0. The smallest absolute Gasteiger partial charge is 0.159 e. The van der Waals surface area contributed by atoms with Crippen LogP contribution < -0.4 is 10.2 Å². The minimum atomic E-state index is -1.48. The van der Waals surface area contributed by atoms with E-state index in [4.69, 9.17) is 4.74 Å². The zero-order valence-corrected chi connectivity index (χ0v) is 17.7. The third-order valence-corrected chi connectivity index (χ3v) is 7.58. The first-order chi connectivity index (χ1) is 14.6. The molecule has 0 spiro atoms. The molecule has 1 N–H and O–H groups in total. The fraction of sp³-hybridized carbons (Fsp3) is 0.818. The van der Waals surface area contributed by atoms with E-state index in [1.807, 2.05) is 6.20 Å². The van der Waals surface area contributed by atoms with Gasteiger partial charge in [0.05, 0.1) is 12.8 Å². The molecule has 0 bridgehead atoms. The molecule has 3 aliphatic heterocycles. The van der Waals surface area contributed by atoms with Gasteiger partial charge in [-0.25, -0.2) is 13.8 Å². The molecule has 1 aromatic rings. The Morgan fingerprint density at radius 1 is 1.23 bits per heavy atom. The summed E-state index contributed by atoms with van der Waals surface area (Å²) in [5, 5.41) is 3.78. The molecule has 4 aliphatic rings. The minimum absolute atomic E-state index is 0.0360. The summed E-state index contributed by atoms with van der Waals surface area (Å²) in [7, 11) is 0. The summed E-state index contributed by atoms with van der Waals surface area (Å²) in [6.07, 6.45) is 5.37. The Kier molecular flexibility index (Phi) is 5.90. The lowest BCUT2D eigenvalue weighted by molar-refractivity contribution is -0.192.